The first-order valence-corrected chi connectivity index (χ1v) is 5.97. The molecule has 2 aromatic rings. The molecule has 2 rings (SSSR count). The van der Waals surface area contributed by atoms with E-state index in [1.807, 2.05) is 0 Å². The molecule has 2 N–H and O–H groups in total. The molecule has 0 atom stereocenters. The van der Waals surface area contributed by atoms with Gasteiger partial charge in [0.15, 0.2) is 12.5 Å². The Morgan fingerprint density at radius 2 is 2.10 bits per heavy atom. The van der Waals surface area contributed by atoms with Gasteiger partial charge < -0.3 is 19.7 Å². The van der Waals surface area contributed by atoms with Crippen molar-refractivity contribution < 1.29 is 24.5 Å². The largest absolute Gasteiger partial charge is 0.481 e. The lowest BCUT2D eigenvalue weighted by atomic mass is 10.1. The quantitative estimate of drug-likeness (QED) is 0.739. The van der Waals surface area contributed by atoms with E-state index in [0.717, 1.165) is 0 Å². The fraction of sp³-hybridized carbons (Fsp3) is 0.231. The molecule has 0 fully saturated rings. The predicted octanol–water partition coefficient (Wildman–Crippen LogP) is 0.498. The van der Waals surface area contributed by atoms with Crippen LogP contribution in [-0.4, -0.2) is 45.0 Å². The van der Waals surface area contributed by atoms with Crippen molar-refractivity contribution in [3.05, 3.63) is 41.5 Å². The summed E-state index contributed by atoms with van der Waals surface area (Å²) in [5, 5.41) is 17.9. The van der Waals surface area contributed by atoms with Crippen molar-refractivity contribution in [1.82, 2.24) is 15.0 Å². The molecule has 0 aliphatic carbocycles. The first-order chi connectivity index (χ1) is 10.1. The van der Waals surface area contributed by atoms with Crippen LogP contribution in [0.15, 0.2) is 24.4 Å². The number of hydrogen-bond donors (Lipinski definition) is 2. The second kappa shape index (κ2) is 6.62. The van der Waals surface area contributed by atoms with E-state index in [1.165, 1.54) is 19.4 Å². The number of carboxylic acids is 1. The number of nitrogens with zero attached hydrogens (tertiary/aromatic N) is 3. The predicted molar refractivity (Wildman–Crippen MR) is 70.3 cm³/mol. The number of aliphatic hydroxyl groups is 1. The Balaban J connectivity index is 2.35. The van der Waals surface area contributed by atoms with E-state index < -0.39 is 12.8 Å². The third kappa shape index (κ3) is 3.63. The van der Waals surface area contributed by atoms with Gasteiger partial charge in [0.05, 0.1) is 13.2 Å². The third-order valence-corrected chi connectivity index (χ3v) is 2.59. The minimum absolute atomic E-state index is 0.0615. The molecule has 0 spiro atoms. The lowest BCUT2D eigenvalue weighted by Crippen LogP contribution is -2.08. The lowest BCUT2D eigenvalue weighted by Gasteiger charge is -2.08. The number of hydrogen-bond acceptors (Lipinski definition) is 7. The topological polar surface area (TPSA) is 115 Å². The number of pyridine rings is 1. The average Bonchev–Trinajstić information content (AvgIpc) is 2.47. The molecule has 8 heteroatoms. The smallest absolute Gasteiger partial charge is 0.354 e. The molecule has 2 aromatic heterocycles. The van der Waals surface area contributed by atoms with Crippen molar-refractivity contribution in [3.63, 3.8) is 0 Å². The van der Waals surface area contributed by atoms with Crippen molar-refractivity contribution in [1.29, 1.82) is 0 Å². The second-order valence-electron chi connectivity index (χ2n) is 3.93. The van der Waals surface area contributed by atoms with E-state index in [0.29, 0.717) is 11.4 Å². The van der Waals surface area contributed by atoms with Crippen LogP contribution in [0.3, 0.4) is 0 Å². The van der Waals surface area contributed by atoms with Gasteiger partial charge in [0.2, 0.25) is 11.8 Å². The van der Waals surface area contributed by atoms with Crippen LogP contribution in [0.2, 0.25) is 0 Å². The number of methoxy groups -OCH3 is 1. The van der Waals surface area contributed by atoms with E-state index in [1.54, 1.807) is 12.1 Å². The van der Waals surface area contributed by atoms with Gasteiger partial charge in [0.25, 0.3) is 0 Å². The highest BCUT2D eigenvalue weighted by molar-refractivity contribution is 5.87. The van der Waals surface area contributed by atoms with Crippen molar-refractivity contribution in [2.75, 3.05) is 13.9 Å². The summed E-state index contributed by atoms with van der Waals surface area (Å²) in [6.45, 7) is -0.535. The minimum atomic E-state index is -1.12. The third-order valence-electron chi connectivity index (χ3n) is 2.59. The van der Waals surface area contributed by atoms with Gasteiger partial charge in [0, 0.05) is 12.6 Å². The Kier molecular flexibility index (Phi) is 4.62. The first kappa shape index (κ1) is 14.7. The van der Waals surface area contributed by atoms with Gasteiger partial charge >= 0.3 is 5.97 Å². The number of aliphatic hydroxyl groups excluding tert-OH is 1. The van der Waals surface area contributed by atoms with Crippen LogP contribution in [0.4, 0.5) is 0 Å². The van der Waals surface area contributed by atoms with Crippen molar-refractivity contribution >= 4 is 5.97 Å². The van der Waals surface area contributed by atoms with Gasteiger partial charge in [-0.05, 0) is 11.6 Å². The molecule has 2 heterocycles. The monoisotopic (exact) mass is 291 g/mol. The van der Waals surface area contributed by atoms with Crippen LogP contribution in [0.5, 0.6) is 11.8 Å². The maximum atomic E-state index is 11.1. The molecule has 0 aliphatic rings. The fourth-order valence-electron chi connectivity index (χ4n) is 1.72. The maximum absolute atomic E-state index is 11.1. The number of aromatic carboxylic acids is 1. The zero-order chi connectivity index (χ0) is 15.2. The van der Waals surface area contributed by atoms with Crippen LogP contribution in [0.1, 0.15) is 21.9 Å². The summed E-state index contributed by atoms with van der Waals surface area (Å²) >= 11 is 0. The molecule has 8 nitrogen and oxygen atoms in total. The van der Waals surface area contributed by atoms with Crippen LogP contribution < -0.4 is 9.47 Å². The summed E-state index contributed by atoms with van der Waals surface area (Å²) in [5.74, 6) is -0.432. The summed E-state index contributed by atoms with van der Waals surface area (Å²) < 4.78 is 9.91. The van der Waals surface area contributed by atoms with Crippen LogP contribution in [-0.2, 0) is 6.42 Å². The summed E-state index contributed by atoms with van der Waals surface area (Å²) in [7, 11) is 1.43. The molecule has 0 radical (unpaired) electrons. The Hall–Kier alpha value is -2.74. The Morgan fingerprint density at radius 1 is 1.33 bits per heavy atom. The van der Waals surface area contributed by atoms with Crippen LogP contribution in [0.25, 0.3) is 0 Å². The zero-order valence-electron chi connectivity index (χ0n) is 11.2. The van der Waals surface area contributed by atoms with Gasteiger partial charge in [-0.3, -0.25) is 0 Å². The van der Waals surface area contributed by atoms with Gasteiger partial charge in [-0.2, -0.15) is 9.97 Å². The summed E-state index contributed by atoms with van der Waals surface area (Å²) in [6.07, 6.45) is 1.55. The Labute approximate surface area is 120 Å². The Bertz CT molecular complexity index is 647. The van der Waals surface area contributed by atoms with E-state index in [-0.39, 0.29) is 23.9 Å². The van der Waals surface area contributed by atoms with E-state index in [2.05, 4.69) is 15.0 Å². The Morgan fingerprint density at radius 3 is 2.76 bits per heavy atom. The number of aromatic nitrogens is 3. The molecule has 0 unspecified atom stereocenters. The van der Waals surface area contributed by atoms with E-state index in [9.17, 15) is 4.79 Å². The van der Waals surface area contributed by atoms with E-state index in [4.69, 9.17) is 19.7 Å². The maximum Gasteiger partial charge on any atom is 0.354 e. The number of rotatable bonds is 6. The molecule has 21 heavy (non-hydrogen) atoms. The number of carboxylic acid groups (broad SMARTS) is 1. The molecule has 0 aromatic carbocycles. The number of carbonyl (C=O) groups is 1. The van der Waals surface area contributed by atoms with Gasteiger partial charge in [0.1, 0.15) is 5.82 Å². The van der Waals surface area contributed by atoms with Gasteiger partial charge in [-0.15, -0.1) is 0 Å². The van der Waals surface area contributed by atoms with Crippen molar-refractivity contribution in [3.8, 4) is 11.8 Å². The molecule has 110 valence electrons. The minimum Gasteiger partial charge on any atom is -0.481 e. The highest BCUT2D eigenvalue weighted by Crippen LogP contribution is 2.18. The summed E-state index contributed by atoms with van der Waals surface area (Å²) in [6, 6.07) is 4.68. The lowest BCUT2D eigenvalue weighted by molar-refractivity contribution is 0.0689. The normalized spacial score (nSPS) is 10.2. The summed E-state index contributed by atoms with van der Waals surface area (Å²) in [5.41, 5.74) is 0.404. The molecule has 0 amide bonds. The molecule has 0 saturated heterocycles. The highest BCUT2D eigenvalue weighted by atomic mass is 16.6. The standard InChI is InChI=1S/C13H13N3O5/c1-20-10-6-11(21-7-17)16-9(15-10)5-8-3-2-4-14-12(8)13(18)19/h2-4,6,17H,5,7H2,1H3,(H,18,19). The van der Waals surface area contributed by atoms with Crippen LogP contribution >= 0.6 is 0 Å². The van der Waals surface area contributed by atoms with Gasteiger partial charge in [-0.25, -0.2) is 9.78 Å². The average molecular weight is 291 g/mol. The fourth-order valence-corrected chi connectivity index (χ4v) is 1.72. The van der Waals surface area contributed by atoms with Crippen LogP contribution in [0, 0.1) is 0 Å². The van der Waals surface area contributed by atoms with Crippen molar-refractivity contribution in [2.24, 2.45) is 0 Å². The second-order valence-corrected chi connectivity index (χ2v) is 3.93. The van der Waals surface area contributed by atoms with E-state index >= 15 is 0 Å². The molecular formula is C13H13N3O5. The molecule has 0 aliphatic heterocycles. The first-order valence-electron chi connectivity index (χ1n) is 5.97. The molecule has 0 bridgehead atoms. The summed E-state index contributed by atoms with van der Waals surface area (Å²) in [4.78, 5) is 23.1. The SMILES string of the molecule is COc1cc(OCO)nc(Cc2cccnc2C(=O)O)n1. The van der Waals surface area contributed by atoms with Gasteiger partial charge in [-0.1, -0.05) is 6.07 Å². The molecular weight excluding hydrogens is 278 g/mol. The molecule has 0 saturated carbocycles. The van der Waals surface area contributed by atoms with Crippen molar-refractivity contribution in [2.45, 2.75) is 6.42 Å². The zero-order valence-corrected chi connectivity index (χ0v) is 11.2. The highest BCUT2D eigenvalue weighted by Gasteiger charge is 2.14. The number of ether oxygens (including phenoxy) is 2.